The highest BCUT2D eigenvalue weighted by Gasteiger charge is 2.43. The van der Waals surface area contributed by atoms with Crippen molar-refractivity contribution < 1.29 is 19.7 Å². The van der Waals surface area contributed by atoms with Crippen molar-refractivity contribution >= 4 is 17.7 Å². The number of H-pyrrole nitrogens is 1. The number of aliphatic hydroxyl groups excluding tert-OH is 2. The number of nitrogens with two attached hydrogens (primary N) is 1. The number of aromatic nitrogens is 2. The summed E-state index contributed by atoms with van der Waals surface area (Å²) < 4.78 is 5.43. The number of amides is 1. The molecule has 0 radical (unpaired) electrons. The van der Waals surface area contributed by atoms with E-state index in [1.165, 1.54) is 4.90 Å². The van der Waals surface area contributed by atoms with Crippen molar-refractivity contribution in [1.29, 1.82) is 0 Å². The molecule has 1 saturated heterocycles. The van der Waals surface area contributed by atoms with Crippen molar-refractivity contribution in [2.24, 2.45) is 0 Å². The Balaban J connectivity index is 1.97. The van der Waals surface area contributed by atoms with Gasteiger partial charge in [-0.05, 0) is 0 Å². The highest BCUT2D eigenvalue weighted by atomic mass is 16.5. The van der Waals surface area contributed by atoms with E-state index in [0.29, 0.717) is 0 Å². The maximum atomic E-state index is 12.1. The van der Waals surface area contributed by atoms with Crippen LogP contribution in [0.5, 0.6) is 0 Å². The van der Waals surface area contributed by atoms with E-state index in [0.717, 1.165) is 0 Å². The lowest BCUT2D eigenvalue weighted by Gasteiger charge is -2.23. The fourth-order valence-electron chi connectivity index (χ4n) is 2.55. The van der Waals surface area contributed by atoms with Gasteiger partial charge in [-0.3, -0.25) is 19.5 Å². The van der Waals surface area contributed by atoms with Crippen LogP contribution >= 0.6 is 0 Å². The molecular weight excluding hydrogens is 268 g/mol. The number of nitrogen functional groups attached to an aromatic ring is 1. The Labute approximate surface area is 113 Å². The predicted octanol–water partition coefficient (Wildman–Crippen LogP) is -2.29. The van der Waals surface area contributed by atoms with Gasteiger partial charge in [0.05, 0.1) is 24.7 Å². The third-order valence-corrected chi connectivity index (χ3v) is 3.51. The summed E-state index contributed by atoms with van der Waals surface area (Å²) in [5.74, 6) is -0.280. The average Bonchev–Trinajstić information content (AvgIpc) is 2.89. The quantitative estimate of drug-likeness (QED) is 0.478. The molecule has 0 saturated carbocycles. The Bertz CT molecular complexity index is 615. The van der Waals surface area contributed by atoms with Gasteiger partial charge in [0.1, 0.15) is 12.3 Å². The minimum atomic E-state index is -0.874. The second-order valence-corrected chi connectivity index (χ2v) is 4.81. The van der Waals surface area contributed by atoms with Crippen LogP contribution in [0.4, 0.5) is 11.8 Å². The maximum absolute atomic E-state index is 12.1. The number of aliphatic hydroxyl groups is 2. The Hall–Kier alpha value is -1.97. The minimum absolute atomic E-state index is 0.0856. The van der Waals surface area contributed by atoms with Crippen molar-refractivity contribution in [2.45, 2.75) is 31.3 Å². The number of hydrogen-bond donors (Lipinski definition) is 4. The third-order valence-electron chi connectivity index (χ3n) is 3.51. The van der Waals surface area contributed by atoms with Crippen LogP contribution < -0.4 is 16.2 Å². The standard InChI is InChI=1S/C11H14N4O5/c12-11-13-9-4(10(19)14-11)1-7(18)15(9)8-2-5(17)6(3-16)20-8/h5-6,8,16-17H,1-3H2,(H3,12,13,14,19)/t5-,6-,8-/m1/s1. The number of ether oxygens (including phenoxy) is 1. The second kappa shape index (κ2) is 4.54. The molecule has 5 N–H and O–H groups in total. The number of fused-ring (bicyclic) bond motifs is 1. The zero-order chi connectivity index (χ0) is 14.4. The Morgan fingerprint density at radius 3 is 2.90 bits per heavy atom. The molecule has 0 spiro atoms. The second-order valence-electron chi connectivity index (χ2n) is 4.81. The van der Waals surface area contributed by atoms with E-state index in [2.05, 4.69) is 9.97 Å². The van der Waals surface area contributed by atoms with Gasteiger partial charge in [-0.15, -0.1) is 0 Å². The summed E-state index contributed by atoms with van der Waals surface area (Å²) in [6.45, 7) is -0.350. The van der Waals surface area contributed by atoms with Crippen LogP contribution in [0.3, 0.4) is 0 Å². The highest BCUT2D eigenvalue weighted by Crippen LogP contribution is 2.32. The molecule has 0 aliphatic carbocycles. The van der Waals surface area contributed by atoms with Gasteiger partial charge >= 0.3 is 0 Å². The summed E-state index contributed by atoms with van der Waals surface area (Å²) in [6, 6.07) is 0. The lowest BCUT2D eigenvalue weighted by molar-refractivity contribution is -0.120. The van der Waals surface area contributed by atoms with E-state index >= 15 is 0 Å². The summed E-state index contributed by atoms with van der Waals surface area (Å²) in [6.07, 6.45) is -2.33. The van der Waals surface area contributed by atoms with Crippen LogP contribution in [0.2, 0.25) is 0 Å². The van der Waals surface area contributed by atoms with E-state index < -0.39 is 24.0 Å². The topological polar surface area (TPSA) is 142 Å². The number of nitrogens with one attached hydrogen (secondary N) is 1. The molecule has 9 nitrogen and oxygen atoms in total. The van der Waals surface area contributed by atoms with Gasteiger partial charge in [0.2, 0.25) is 11.9 Å². The molecule has 0 bridgehead atoms. The van der Waals surface area contributed by atoms with Gasteiger partial charge in [0.25, 0.3) is 5.56 Å². The monoisotopic (exact) mass is 282 g/mol. The molecule has 1 amide bonds. The largest absolute Gasteiger partial charge is 0.394 e. The fraction of sp³-hybridized carbons (Fsp3) is 0.545. The first kappa shape index (κ1) is 13.0. The number of aromatic amines is 1. The summed E-state index contributed by atoms with van der Waals surface area (Å²) in [5.41, 5.74) is 5.26. The maximum Gasteiger partial charge on any atom is 0.258 e. The lowest BCUT2D eigenvalue weighted by Crippen LogP contribution is -2.38. The molecule has 0 aromatic carbocycles. The highest BCUT2D eigenvalue weighted by molar-refractivity contribution is 6.00. The summed E-state index contributed by atoms with van der Waals surface area (Å²) >= 11 is 0. The molecule has 1 aromatic heterocycles. The number of rotatable bonds is 2. The van der Waals surface area contributed by atoms with Crippen molar-refractivity contribution in [1.82, 2.24) is 9.97 Å². The van der Waals surface area contributed by atoms with Gasteiger partial charge in [0.15, 0.2) is 5.82 Å². The molecule has 3 rings (SSSR count). The fourth-order valence-corrected chi connectivity index (χ4v) is 2.55. The van der Waals surface area contributed by atoms with Crippen LogP contribution in [0.25, 0.3) is 0 Å². The molecule has 3 atom stereocenters. The van der Waals surface area contributed by atoms with Crippen molar-refractivity contribution in [2.75, 3.05) is 17.2 Å². The molecule has 3 heterocycles. The average molecular weight is 282 g/mol. The molecular formula is C11H14N4O5. The smallest absolute Gasteiger partial charge is 0.258 e. The number of anilines is 2. The van der Waals surface area contributed by atoms with Crippen LogP contribution in [0.15, 0.2) is 4.79 Å². The zero-order valence-corrected chi connectivity index (χ0v) is 10.4. The van der Waals surface area contributed by atoms with Gasteiger partial charge in [-0.25, -0.2) is 0 Å². The van der Waals surface area contributed by atoms with Crippen LogP contribution in [-0.2, 0) is 16.0 Å². The molecule has 2 aliphatic rings. The first-order valence-electron chi connectivity index (χ1n) is 6.16. The molecule has 20 heavy (non-hydrogen) atoms. The van der Waals surface area contributed by atoms with E-state index in [1.54, 1.807) is 0 Å². The zero-order valence-electron chi connectivity index (χ0n) is 10.4. The number of carbonyl (C=O) groups is 1. The number of nitrogens with zero attached hydrogens (tertiary/aromatic N) is 2. The lowest BCUT2D eigenvalue weighted by atomic mass is 10.2. The Morgan fingerprint density at radius 1 is 1.50 bits per heavy atom. The van der Waals surface area contributed by atoms with E-state index in [1.807, 2.05) is 0 Å². The van der Waals surface area contributed by atoms with Gasteiger partial charge < -0.3 is 20.7 Å². The van der Waals surface area contributed by atoms with E-state index in [-0.39, 0.29) is 42.7 Å². The molecule has 0 unspecified atom stereocenters. The molecule has 9 heteroatoms. The van der Waals surface area contributed by atoms with Crippen LogP contribution in [0, 0.1) is 0 Å². The van der Waals surface area contributed by atoms with Crippen molar-refractivity contribution in [3.8, 4) is 0 Å². The van der Waals surface area contributed by atoms with Gasteiger partial charge in [-0.1, -0.05) is 0 Å². The van der Waals surface area contributed by atoms with E-state index in [9.17, 15) is 14.7 Å². The van der Waals surface area contributed by atoms with Gasteiger partial charge in [-0.2, -0.15) is 4.98 Å². The van der Waals surface area contributed by atoms with Crippen LogP contribution in [-0.4, -0.2) is 51.1 Å². The normalized spacial score (nSPS) is 29.0. The Kier molecular flexibility index (Phi) is 2.96. The summed E-state index contributed by atoms with van der Waals surface area (Å²) in [4.78, 5) is 31.3. The molecule has 1 aromatic rings. The first-order valence-corrected chi connectivity index (χ1v) is 6.16. The predicted molar refractivity (Wildman–Crippen MR) is 66.8 cm³/mol. The first-order chi connectivity index (χ1) is 9.51. The number of hydrogen-bond acceptors (Lipinski definition) is 7. The van der Waals surface area contributed by atoms with Crippen molar-refractivity contribution in [3.63, 3.8) is 0 Å². The SMILES string of the molecule is Nc1nc2c(c(=O)[nH]1)CC(=O)N2[C@H]1C[C@@H](O)[C@@H](CO)O1. The van der Waals surface area contributed by atoms with Crippen molar-refractivity contribution in [3.05, 3.63) is 15.9 Å². The summed E-state index contributed by atoms with van der Waals surface area (Å²) in [7, 11) is 0. The summed E-state index contributed by atoms with van der Waals surface area (Å²) in [5, 5.41) is 18.8. The number of carbonyl (C=O) groups excluding carboxylic acids is 1. The molecule has 2 aliphatic heterocycles. The Morgan fingerprint density at radius 2 is 2.25 bits per heavy atom. The van der Waals surface area contributed by atoms with Gasteiger partial charge in [0, 0.05) is 6.42 Å². The minimum Gasteiger partial charge on any atom is -0.394 e. The molecule has 108 valence electrons. The van der Waals surface area contributed by atoms with E-state index in [4.69, 9.17) is 15.6 Å². The molecule has 1 fully saturated rings. The third kappa shape index (κ3) is 1.87. The van der Waals surface area contributed by atoms with Crippen LogP contribution in [0.1, 0.15) is 12.0 Å².